The topological polar surface area (TPSA) is 47.6 Å². The Labute approximate surface area is 150 Å². The van der Waals surface area contributed by atoms with Crippen molar-refractivity contribution in [1.82, 2.24) is 0 Å². The number of carbonyl (C=O) groups is 1. The SMILES string of the molecule is CCCC[C@](C)(OCCC)C(=O)Nc1ccc(OCCC)c(Cl)c1. The fourth-order valence-electron chi connectivity index (χ4n) is 2.26. The largest absolute Gasteiger partial charge is 0.492 e. The average Bonchev–Trinajstić information content (AvgIpc) is 2.57. The van der Waals surface area contributed by atoms with Crippen LogP contribution >= 0.6 is 11.6 Å². The zero-order chi connectivity index (χ0) is 18.0. The monoisotopic (exact) mass is 355 g/mol. The van der Waals surface area contributed by atoms with Gasteiger partial charge in [0.25, 0.3) is 5.91 Å². The molecule has 0 aliphatic heterocycles. The summed E-state index contributed by atoms with van der Waals surface area (Å²) < 4.78 is 11.4. The Morgan fingerprint density at radius 3 is 2.46 bits per heavy atom. The number of hydrogen-bond donors (Lipinski definition) is 1. The van der Waals surface area contributed by atoms with E-state index in [9.17, 15) is 4.79 Å². The van der Waals surface area contributed by atoms with Crippen LogP contribution in [0.1, 0.15) is 59.8 Å². The summed E-state index contributed by atoms with van der Waals surface area (Å²) in [5.74, 6) is 0.496. The Bertz CT molecular complexity index is 511. The van der Waals surface area contributed by atoms with Crippen LogP contribution in [0.4, 0.5) is 5.69 Å². The molecule has 1 rings (SSSR count). The van der Waals surface area contributed by atoms with Crippen molar-refractivity contribution in [3.8, 4) is 5.75 Å². The first-order valence-electron chi connectivity index (χ1n) is 8.84. The van der Waals surface area contributed by atoms with Gasteiger partial charge in [-0.25, -0.2) is 0 Å². The highest BCUT2D eigenvalue weighted by atomic mass is 35.5. The number of ether oxygens (including phenoxy) is 2. The van der Waals surface area contributed by atoms with Crippen LogP contribution in [0.3, 0.4) is 0 Å². The molecule has 0 heterocycles. The zero-order valence-electron chi connectivity index (χ0n) is 15.3. The molecule has 4 nitrogen and oxygen atoms in total. The maximum atomic E-state index is 12.7. The number of amides is 1. The van der Waals surface area contributed by atoms with Crippen LogP contribution in [0.25, 0.3) is 0 Å². The number of anilines is 1. The number of nitrogens with one attached hydrogen (secondary N) is 1. The zero-order valence-corrected chi connectivity index (χ0v) is 16.0. The highest BCUT2D eigenvalue weighted by molar-refractivity contribution is 6.32. The summed E-state index contributed by atoms with van der Waals surface area (Å²) in [5.41, 5.74) is -0.174. The van der Waals surface area contributed by atoms with Gasteiger partial charge in [0.15, 0.2) is 0 Å². The van der Waals surface area contributed by atoms with E-state index in [4.69, 9.17) is 21.1 Å². The van der Waals surface area contributed by atoms with Crippen LogP contribution in [0, 0.1) is 0 Å². The Hall–Kier alpha value is -1.26. The van der Waals surface area contributed by atoms with Crippen LogP contribution in [0.5, 0.6) is 5.75 Å². The molecule has 0 spiro atoms. The smallest absolute Gasteiger partial charge is 0.256 e. The van der Waals surface area contributed by atoms with E-state index in [0.29, 0.717) is 36.1 Å². The molecule has 0 radical (unpaired) electrons. The maximum absolute atomic E-state index is 12.7. The van der Waals surface area contributed by atoms with Crippen molar-refractivity contribution in [1.29, 1.82) is 0 Å². The molecule has 0 bridgehead atoms. The molecule has 0 aliphatic rings. The summed E-state index contributed by atoms with van der Waals surface area (Å²) in [7, 11) is 0. The van der Waals surface area contributed by atoms with Crippen LogP contribution < -0.4 is 10.1 Å². The first-order valence-corrected chi connectivity index (χ1v) is 9.22. The minimum absolute atomic E-state index is 0.136. The molecule has 0 fully saturated rings. The van der Waals surface area contributed by atoms with Gasteiger partial charge < -0.3 is 14.8 Å². The van der Waals surface area contributed by atoms with E-state index in [2.05, 4.69) is 12.2 Å². The fraction of sp³-hybridized carbons (Fsp3) is 0.632. The lowest BCUT2D eigenvalue weighted by Gasteiger charge is -2.28. The lowest BCUT2D eigenvalue weighted by molar-refractivity contribution is -0.140. The highest BCUT2D eigenvalue weighted by Crippen LogP contribution is 2.29. The third-order valence-corrected chi connectivity index (χ3v) is 4.06. The second-order valence-corrected chi connectivity index (χ2v) is 6.54. The van der Waals surface area contributed by atoms with Crippen molar-refractivity contribution in [2.75, 3.05) is 18.5 Å². The molecule has 24 heavy (non-hydrogen) atoms. The van der Waals surface area contributed by atoms with E-state index >= 15 is 0 Å². The van der Waals surface area contributed by atoms with Crippen LogP contribution in [0.15, 0.2) is 18.2 Å². The minimum Gasteiger partial charge on any atom is -0.492 e. The third-order valence-electron chi connectivity index (χ3n) is 3.76. The van der Waals surface area contributed by atoms with Crippen LogP contribution in [-0.4, -0.2) is 24.7 Å². The second kappa shape index (κ2) is 10.6. The van der Waals surface area contributed by atoms with Crippen molar-refractivity contribution >= 4 is 23.2 Å². The van der Waals surface area contributed by atoms with Gasteiger partial charge in [0.1, 0.15) is 11.4 Å². The van der Waals surface area contributed by atoms with E-state index in [-0.39, 0.29) is 5.91 Å². The molecule has 0 aromatic heterocycles. The quantitative estimate of drug-likeness (QED) is 0.574. The van der Waals surface area contributed by atoms with Gasteiger partial charge in [-0.3, -0.25) is 4.79 Å². The van der Waals surface area contributed by atoms with Gasteiger partial charge >= 0.3 is 0 Å². The number of hydrogen-bond acceptors (Lipinski definition) is 3. The number of carbonyl (C=O) groups excluding carboxylic acids is 1. The summed E-state index contributed by atoms with van der Waals surface area (Å²) >= 11 is 6.22. The Morgan fingerprint density at radius 1 is 1.17 bits per heavy atom. The molecule has 0 saturated carbocycles. The van der Waals surface area contributed by atoms with E-state index < -0.39 is 5.60 Å². The summed E-state index contributed by atoms with van der Waals surface area (Å²) in [6, 6.07) is 5.29. The maximum Gasteiger partial charge on any atom is 0.256 e. The minimum atomic E-state index is -0.824. The predicted molar refractivity (Wildman–Crippen MR) is 100 cm³/mol. The van der Waals surface area contributed by atoms with E-state index in [1.54, 1.807) is 18.2 Å². The van der Waals surface area contributed by atoms with Crippen molar-refractivity contribution in [2.45, 2.75) is 65.4 Å². The highest BCUT2D eigenvalue weighted by Gasteiger charge is 2.33. The van der Waals surface area contributed by atoms with Crippen molar-refractivity contribution in [3.05, 3.63) is 23.2 Å². The van der Waals surface area contributed by atoms with Gasteiger partial charge in [0, 0.05) is 12.3 Å². The van der Waals surface area contributed by atoms with Gasteiger partial charge in [0.05, 0.1) is 11.6 Å². The van der Waals surface area contributed by atoms with Crippen molar-refractivity contribution in [3.63, 3.8) is 0 Å². The summed E-state index contributed by atoms with van der Waals surface area (Å²) in [5, 5.41) is 3.41. The Kier molecular flexibility index (Phi) is 9.16. The lowest BCUT2D eigenvalue weighted by Crippen LogP contribution is -2.43. The first kappa shape index (κ1) is 20.8. The van der Waals surface area contributed by atoms with E-state index in [1.807, 2.05) is 20.8 Å². The molecule has 136 valence electrons. The predicted octanol–water partition coefficient (Wildman–Crippen LogP) is 5.44. The summed E-state index contributed by atoms with van der Waals surface area (Å²) in [6.07, 6.45) is 4.45. The average molecular weight is 356 g/mol. The molecule has 0 aliphatic carbocycles. The van der Waals surface area contributed by atoms with Gasteiger partial charge in [-0.1, -0.05) is 45.2 Å². The molecule has 0 unspecified atom stereocenters. The Morgan fingerprint density at radius 2 is 1.88 bits per heavy atom. The van der Waals surface area contributed by atoms with Gasteiger partial charge in [-0.2, -0.15) is 0 Å². The third kappa shape index (κ3) is 6.33. The molecular formula is C19H30ClNO3. The molecule has 1 atom stereocenters. The molecule has 1 aromatic rings. The van der Waals surface area contributed by atoms with Crippen LogP contribution in [0.2, 0.25) is 5.02 Å². The molecule has 1 amide bonds. The first-order chi connectivity index (χ1) is 11.5. The Balaban J connectivity index is 2.80. The molecule has 5 heteroatoms. The van der Waals surface area contributed by atoms with Gasteiger partial charge in [-0.15, -0.1) is 0 Å². The van der Waals surface area contributed by atoms with Crippen molar-refractivity contribution in [2.24, 2.45) is 0 Å². The number of benzene rings is 1. The number of rotatable bonds is 11. The molecule has 0 saturated heterocycles. The number of halogens is 1. The van der Waals surface area contributed by atoms with Crippen LogP contribution in [-0.2, 0) is 9.53 Å². The lowest BCUT2D eigenvalue weighted by atomic mass is 9.97. The fourth-order valence-corrected chi connectivity index (χ4v) is 2.50. The second-order valence-electron chi connectivity index (χ2n) is 6.13. The summed E-state index contributed by atoms with van der Waals surface area (Å²) in [6.45, 7) is 9.22. The normalized spacial score (nSPS) is 13.4. The van der Waals surface area contributed by atoms with Crippen molar-refractivity contribution < 1.29 is 14.3 Å². The van der Waals surface area contributed by atoms with E-state index in [0.717, 1.165) is 25.7 Å². The molecular weight excluding hydrogens is 326 g/mol. The summed E-state index contributed by atoms with van der Waals surface area (Å²) in [4.78, 5) is 12.7. The standard InChI is InChI=1S/C19H30ClNO3/c1-5-8-11-19(4,24-13-7-3)18(22)21-15-9-10-17(16(20)14-15)23-12-6-2/h9-10,14H,5-8,11-13H2,1-4H3,(H,21,22)/t19-/m0/s1. The molecule has 1 N–H and O–H groups in total. The van der Waals surface area contributed by atoms with E-state index in [1.165, 1.54) is 0 Å². The van der Waals surface area contributed by atoms with Gasteiger partial charge in [0.2, 0.25) is 0 Å². The van der Waals surface area contributed by atoms with Gasteiger partial charge in [-0.05, 0) is 44.4 Å². The number of unbranched alkanes of at least 4 members (excludes halogenated alkanes) is 1. The molecule has 1 aromatic carbocycles.